The molecule has 28 heteroatoms. The number of carboxylic acid groups (broad SMARTS) is 1. The lowest BCUT2D eigenvalue weighted by atomic mass is 9.87. The fraction of sp³-hybridized carbons (Fsp3) is 0.630. The molecule has 24 nitrogen and oxygen atoms in total. The number of anilines is 1. The predicted molar refractivity (Wildman–Crippen MR) is 189 cm³/mol. The van der Waals surface area contributed by atoms with E-state index in [-0.39, 0.29) is 61.1 Å². The van der Waals surface area contributed by atoms with E-state index in [1.54, 1.807) is 0 Å². The first-order valence-electron chi connectivity index (χ1n) is 16.2. The molecule has 2 heterocycles. The zero-order valence-corrected chi connectivity index (χ0v) is 32.8. The van der Waals surface area contributed by atoms with Gasteiger partial charge in [0.2, 0.25) is 11.8 Å². The van der Waals surface area contributed by atoms with Gasteiger partial charge in [0.05, 0.1) is 31.1 Å². The highest BCUT2D eigenvalue weighted by Crippen LogP contribution is 2.61. The normalized spacial score (nSPS) is 21.7. The molecule has 2 amide bonds. The van der Waals surface area contributed by atoms with E-state index in [2.05, 4.69) is 24.9 Å². The number of thioether (sulfide) groups is 1. The number of aliphatic hydroxyl groups excluding tert-OH is 2. The standard InChI is InChI=1S/C27H43N6O18P3S/c1-27(2,23(39)26(40)30-7-5-18(34)29-8-10-55-20(37)4-3-19(35)36)13-49-54(46,47)51-53(44,45)48-12-15-11-17(21(38)22(15)50-52(41,42)43)33-9-6-16-24(28)31-14-32-25(16)33/h6,9,14-15,17,21-23,38-39H,3-5,7-8,10-13H2,1-2H3,(H,29,34)(H,30,40)(H,35,36)(H,44,45)(H,46,47)(H2,28,31,32)(H2,41,42,43)/t15-,17-,21+,22-,23+/m1/s1. The van der Waals surface area contributed by atoms with E-state index in [1.165, 1.54) is 30.7 Å². The Hall–Kier alpha value is -2.86. The average molecular weight is 865 g/mol. The Morgan fingerprint density at radius 1 is 1.04 bits per heavy atom. The van der Waals surface area contributed by atoms with Gasteiger partial charge in [0.1, 0.15) is 36.1 Å². The van der Waals surface area contributed by atoms with Crippen LogP contribution >= 0.6 is 35.2 Å². The van der Waals surface area contributed by atoms with Gasteiger partial charge in [-0.05, 0) is 12.5 Å². The molecule has 7 atom stereocenters. The van der Waals surface area contributed by atoms with Gasteiger partial charge in [-0.2, -0.15) is 4.31 Å². The molecule has 0 spiro atoms. The highest BCUT2D eigenvalue weighted by Gasteiger charge is 2.49. The first-order valence-corrected chi connectivity index (χ1v) is 21.7. The maximum atomic E-state index is 12.7. The molecular weight excluding hydrogens is 821 g/mol. The van der Waals surface area contributed by atoms with Crippen molar-refractivity contribution in [1.29, 1.82) is 0 Å². The van der Waals surface area contributed by atoms with Crippen molar-refractivity contribution in [2.24, 2.45) is 11.3 Å². The second-order valence-electron chi connectivity index (χ2n) is 12.8. The van der Waals surface area contributed by atoms with Crippen molar-refractivity contribution in [3.63, 3.8) is 0 Å². The van der Waals surface area contributed by atoms with Gasteiger partial charge in [-0.1, -0.05) is 25.6 Å². The van der Waals surface area contributed by atoms with Gasteiger partial charge in [-0.3, -0.25) is 32.7 Å². The summed E-state index contributed by atoms with van der Waals surface area (Å²) in [5.41, 5.74) is 4.49. The monoisotopic (exact) mass is 864 g/mol. The topological polar surface area (TPSA) is 379 Å². The molecule has 0 aromatic carbocycles. The van der Waals surface area contributed by atoms with E-state index < -0.39 is 90.2 Å². The molecule has 2 aromatic rings. The minimum atomic E-state index is -5.49. The second kappa shape index (κ2) is 19.5. The smallest absolute Gasteiger partial charge is 0.481 e. The van der Waals surface area contributed by atoms with Crippen LogP contribution in [-0.2, 0) is 50.8 Å². The van der Waals surface area contributed by atoms with Crippen molar-refractivity contribution < 1.29 is 85.6 Å². The van der Waals surface area contributed by atoms with Crippen molar-refractivity contribution in [1.82, 2.24) is 25.2 Å². The Balaban J connectivity index is 1.49. The molecule has 0 bridgehead atoms. The fourth-order valence-corrected chi connectivity index (χ4v) is 8.85. The molecule has 1 saturated carbocycles. The third kappa shape index (κ3) is 14.5. The number of phosphoric ester groups is 3. The Bertz CT molecular complexity index is 1840. The van der Waals surface area contributed by atoms with Gasteiger partial charge >= 0.3 is 29.4 Å². The summed E-state index contributed by atoms with van der Waals surface area (Å²) in [6.07, 6.45) is -3.43. The molecule has 0 saturated heterocycles. The Morgan fingerprint density at radius 2 is 1.71 bits per heavy atom. The largest absolute Gasteiger partial charge is 0.481 e. The van der Waals surface area contributed by atoms with Crippen LogP contribution in [0.25, 0.3) is 11.0 Å². The van der Waals surface area contributed by atoms with Crippen molar-refractivity contribution in [2.45, 2.75) is 63.9 Å². The summed E-state index contributed by atoms with van der Waals surface area (Å²) >= 11 is 0.856. The van der Waals surface area contributed by atoms with Crippen LogP contribution in [0.3, 0.4) is 0 Å². The van der Waals surface area contributed by atoms with Gasteiger partial charge in [-0.25, -0.2) is 23.7 Å². The SMILES string of the molecule is CC(C)(COP(=O)(O)OP(=O)(O)OC[C@H]1C[C@@H](n2ccc3c(N)ncnc32)[C@H](O)[C@@H]1OP(=O)(O)O)[C@@H](O)C(=O)NCCC(=O)NCCSC(=O)CCC(=O)O. The molecule has 11 N–H and O–H groups in total. The van der Waals surface area contributed by atoms with Crippen molar-refractivity contribution >= 4 is 75.0 Å². The molecule has 3 rings (SSSR count). The van der Waals surface area contributed by atoms with Gasteiger partial charge in [0, 0.05) is 49.2 Å². The third-order valence-corrected chi connectivity index (χ3v) is 12.1. The maximum Gasteiger partial charge on any atom is 0.481 e. The van der Waals surface area contributed by atoms with Crippen LogP contribution in [0.15, 0.2) is 18.6 Å². The number of nitrogen functional groups attached to an aromatic ring is 1. The summed E-state index contributed by atoms with van der Waals surface area (Å²) in [6, 6.07) is 0.563. The van der Waals surface area contributed by atoms with Crippen LogP contribution in [-0.4, -0.2) is 123 Å². The average Bonchev–Trinajstić information content (AvgIpc) is 3.63. The first-order chi connectivity index (χ1) is 25.4. The zero-order chi connectivity index (χ0) is 41.4. The molecule has 55 heavy (non-hydrogen) atoms. The number of carboxylic acids is 1. The Kier molecular flexibility index (Phi) is 16.5. The quantitative estimate of drug-likeness (QED) is 0.0541. The van der Waals surface area contributed by atoms with Crippen LogP contribution in [0.1, 0.15) is 45.6 Å². The number of carbonyl (C=O) groups is 4. The number of hydrogen-bond donors (Lipinski definition) is 10. The minimum absolute atomic E-state index is 0.0898. The van der Waals surface area contributed by atoms with Crippen LogP contribution < -0.4 is 16.4 Å². The summed E-state index contributed by atoms with van der Waals surface area (Å²) < 4.78 is 57.2. The van der Waals surface area contributed by atoms with E-state index in [1.807, 2.05) is 0 Å². The molecule has 1 fully saturated rings. The zero-order valence-electron chi connectivity index (χ0n) is 29.3. The van der Waals surface area contributed by atoms with E-state index in [9.17, 15) is 62.7 Å². The first kappa shape index (κ1) is 46.5. The highest BCUT2D eigenvalue weighted by atomic mass is 32.2. The number of aliphatic carboxylic acids is 1. The number of rotatable bonds is 22. The summed E-state index contributed by atoms with van der Waals surface area (Å²) in [5, 5.41) is 35.0. The molecule has 2 aromatic heterocycles. The Morgan fingerprint density at radius 3 is 2.36 bits per heavy atom. The molecular formula is C27H43N6O18P3S. The van der Waals surface area contributed by atoms with Crippen molar-refractivity contribution in [3.8, 4) is 0 Å². The maximum absolute atomic E-state index is 12.7. The van der Waals surface area contributed by atoms with E-state index in [4.69, 9.17) is 24.4 Å². The number of fused-ring (bicyclic) bond motifs is 1. The van der Waals surface area contributed by atoms with Crippen molar-refractivity contribution in [3.05, 3.63) is 18.6 Å². The van der Waals surface area contributed by atoms with E-state index in [0.717, 1.165) is 18.1 Å². The van der Waals surface area contributed by atoms with Crippen LogP contribution in [0.2, 0.25) is 0 Å². The third-order valence-electron chi connectivity index (χ3n) is 8.02. The number of aliphatic hydroxyl groups is 2. The number of nitrogens with one attached hydrogen (secondary N) is 2. The van der Waals surface area contributed by atoms with Gasteiger partial charge in [0.15, 0.2) is 5.12 Å². The predicted octanol–water partition coefficient (Wildman–Crippen LogP) is -0.202. The molecule has 0 aliphatic heterocycles. The lowest BCUT2D eigenvalue weighted by Gasteiger charge is -2.30. The molecule has 1 aliphatic carbocycles. The number of nitrogens with zero attached hydrogens (tertiary/aromatic N) is 3. The minimum Gasteiger partial charge on any atom is -0.481 e. The van der Waals surface area contributed by atoms with Crippen molar-refractivity contribution in [2.75, 3.05) is 37.8 Å². The van der Waals surface area contributed by atoms with E-state index in [0.29, 0.717) is 5.39 Å². The molecule has 0 radical (unpaired) electrons. The number of aromatic nitrogens is 3. The van der Waals surface area contributed by atoms with Gasteiger partial charge < -0.3 is 55.8 Å². The van der Waals surface area contributed by atoms with Gasteiger partial charge in [0.25, 0.3) is 0 Å². The molecule has 310 valence electrons. The van der Waals surface area contributed by atoms with E-state index >= 15 is 0 Å². The summed E-state index contributed by atoms with van der Waals surface area (Å²) in [5.74, 6) is -3.52. The van der Waals surface area contributed by atoms with Crippen LogP contribution in [0, 0.1) is 11.3 Å². The number of amides is 2. The molecule has 1 aliphatic rings. The Labute approximate surface area is 317 Å². The molecule has 2 unspecified atom stereocenters. The number of hydrogen-bond acceptors (Lipinski definition) is 17. The van der Waals surface area contributed by atoms with Crippen LogP contribution in [0.4, 0.5) is 5.82 Å². The summed E-state index contributed by atoms with van der Waals surface area (Å²) in [7, 11) is -16.2. The number of nitrogens with two attached hydrogens (primary N) is 1. The summed E-state index contributed by atoms with van der Waals surface area (Å²) in [6.45, 7) is 0.550. The van der Waals surface area contributed by atoms with Crippen LogP contribution in [0.5, 0.6) is 0 Å². The lowest BCUT2D eigenvalue weighted by molar-refractivity contribution is -0.138. The van der Waals surface area contributed by atoms with Gasteiger partial charge in [-0.15, -0.1) is 0 Å². The summed E-state index contributed by atoms with van der Waals surface area (Å²) in [4.78, 5) is 93.9. The fourth-order valence-electron chi connectivity index (χ4n) is 5.26. The second-order valence-corrected chi connectivity index (χ2v) is 18.2. The highest BCUT2D eigenvalue weighted by molar-refractivity contribution is 8.13. The number of phosphoric acid groups is 3. The number of carbonyl (C=O) groups excluding carboxylic acids is 3. The lowest BCUT2D eigenvalue weighted by Crippen LogP contribution is -2.46.